The summed E-state index contributed by atoms with van der Waals surface area (Å²) in [6, 6.07) is 14.0. The summed E-state index contributed by atoms with van der Waals surface area (Å²) in [7, 11) is 0. The minimum atomic E-state index is -0.315. The highest BCUT2D eigenvalue weighted by Gasteiger charge is 2.28. The van der Waals surface area contributed by atoms with Crippen LogP contribution in [0.1, 0.15) is 37.8 Å². The molecule has 0 saturated carbocycles. The van der Waals surface area contributed by atoms with Crippen molar-refractivity contribution in [2.75, 3.05) is 6.54 Å². The number of oxime groups is 1. The lowest BCUT2D eigenvalue weighted by atomic mass is 10.0. The van der Waals surface area contributed by atoms with E-state index in [0.717, 1.165) is 11.3 Å². The summed E-state index contributed by atoms with van der Waals surface area (Å²) in [4.78, 5) is 20.0. The molecule has 0 aliphatic carbocycles. The van der Waals surface area contributed by atoms with Gasteiger partial charge in [0.15, 0.2) is 6.10 Å². The number of amides is 1. The summed E-state index contributed by atoms with van der Waals surface area (Å²) in [6.07, 6.45) is 0.667. The van der Waals surface area contributed by atoms with Gasteiger partial charge in [-0.1, -0.05) is 67.0 Å². The second kappa shape index (κ2) is 9.20. The first-order valence-electron chi connectivity index (χ1n) is 9.42. The van der Waals surface area contributed by atoms with Gasteiger partial charge < -0.3 is 9.74 Å². The molecule has 1 aliphatic rings. The van der Waals surface area contributed by atoms with Crippen LogP contribution in [0.4, 0.5) is 4.39 Å². The molecule has 1 aliphatic heterocycles. The molecule has 6 heteroatoms. The van der Waals surface area contributed by atoms with Crippen molar-refractivity contribution in [1.29, 1.82) is 0 Å². The molecular weight excluding hydrogens is 379 g/mol. The molecule has 0 N–H and O–H groups in total. The Morgan fingerprint density at radius 1 is 1.25 bits per heavy atom. The van der Waals surface area contributed by atoms with E-state index in [1.165, 1.54) is 6.07 Å². The largest absolute Gasteiger partial charge is 0.390 e. The summed E-state index contributed by atoms with van der Waals surface area (Å²) in [5.74, 6) is -0.117. The number of hydrogen-bond donors (Lipinski definition) is 0. The second-order valence-electron chi connectivity index (χ2n) is 7.41. The minimum Gasteiger partial charge on any atom is -0.390 e. The Bertz CT molecular complexity index is 869. The fraction of sp³-hybridized carbons (Fsp3) is 0.364. The van der Waals surface area contributed by atoms with E-state index in [0.29, 0.717) is 30.0 Å². The number of nitrogens with zero attached hydrogens (tertiary/aromatic N) is 2. The Balaban J connectivity index is 1.71. The number of halogens is 2. The van der Waals surface area contributed by atoms with Crippen LogP contribution in [-0.2, 0) is 16.2 Å². The molecule has 0 spiro atoms. The molecule has 1 amide bonds. The van der Waals surface area contributed by atoms with Crippen LogP contribution in [0.15, 0.2) is 53.7 Å². The van der Waals surface area contributed by atoms with Gasteiger partial charge in [-0.05, 0) is 18.1 Å². The monoisotopic (exact) mass is 402 g/mol. The second-order valence-corrected chi connectivity index (χ2v) is 7.82. The molecule has 0 bridgehead atoms. The molecule has 0 aromatic heterocycles. The van der Waals surface area contributed by atoms with Gasteiger partial charge in [-0.3, -0.25) is 4.79 Å². The number of carbonyl (C=O) groups excluding carboxylic acids is 1. The lowest BCUT2D eigenvalue weighted by Crippen LogP contribution is -2.38. The van der Waals surface area contributed by atoms with Gasteiger partial charge in [0.05, 0.1) is 12.3 Å². The average Bonchev–Trinajstić information content (AvgIpc) is 3.11. The molecule has 3 rings (SSSR count). The van der Waals surface area contributed by atoms with Crippen molar-refractivity contribution in [3.63, 3.8) is 0 Å². The number of rotatable bonds is 7. The Morgan fingerprint density at radius 3 is 2.68 bits per heavy atom. The molecular formula is C22H24ClFN2O2. The van der Waals surface area contributed by atoms with Crippen LogP contribution >= 0.6 is 11.6 Å². The van der Waals surface area contributed by atoms with Crippen molar-refractivity contribution < 1.29 is 14.0 Å². The molecule has 28 heavy (non-hydrogen) atoms. The van der Waals surface area contributed by atoms with Crippen LogP contribution in [0.25, 0.3) is 0 Å². The number of carbonyl (C=O) groups is 1. The molecule has 148 valence electrons. The van der Waals surface area contributed by atoms with Crippen molar-refractivity contribution in [3.8, 4) is 0 Å². The van der Waals surface area contributed by atoms with Gasteiger partial charge in [0.25, 0.3) is 0 Å². The van der Waals surface area contributed by atoms with Crippen molar-refractivity contribution in [1.82, 2.24) is 4.90 Å². The first-order valence-corrected chi connectivity index (χ1v) is 9.80. The standard InChI is InChI=1S/C22H24ClFN2O2/c1-15(2)11-22(27)26(13-16-7-3-6-10-20(16)24)14-17-12-21(25-28-17)18-8-4-5-9-19(18)23/h3-10,15,17H,11-14H2,1-2H3/t17-/m0/s1. The van der Waals surface area contributed by atoms with E-state index in [1.54, 1.807) is 23.1 Å². The van der Waals surface area contributed by atoms with Crippen LogP contribution in [0.2, 0.25) is 5.02 Å². The van der Waals surface area contributed by atoms with Gasteiger partial charge in [0, 0.05) is 35.5 Å². The third-order valence-electron chi connectivity index (χ3n) is 4.60. The van der Waals surface area contributed by atoms with Gasteiger partial charge in [0.1, 0.15) is 5.82 Å². The zero-order chi connectivity index (χ0) is 20.1. The van der Waals surface area contributed by atoms with Gasteiger partial charge >= 0.3 is 0 Å². The Kier molecular flexibility index (Phi) is 6.68. The maximum absolute atomic E-state index is 14.1. The molecule has 0 fully saturated rings. The third-order valence-corrected chi connectivity index (χ3v) is 4.93. The summed E-state index contributed by atoms with van der Waals surface area (Å²) in [6.45, 7) is 4.53. The quantitative estimate of drug-likeness (QED) is 0.650. The van der Waals surface area contributed by atoms with Crippen LogP contribution in [0.3, 0.4) is 0 Å². The van der Waals surface area contributed by atoms with E-state index in [9.17, 15) is 9.18 Å². The molecule has 2 aromatic carbocycles. The van der Waals surface area contributed by atoms with Crippen molar-refractivity contribution in [3.05, 3.63) is 70.5 Å². The van der Waals surface area contributed by atoms with E-state index in [-0.39, 0.29) is 30.3 Å². The maximum Gasteiger partial charge on any atom is 0.223 e. The minimum absolute atomic E-state index is 0.0203. The lowest BCUT2D eigenvalue weighted by Gasteiger charge is -2.26. The highest BCUT2D eigenvalue weighted by atomic mass is 35.5. The normalized spacial score (nSPS) is 16.0. The van der Waals surface area contributed by atoms with Gasteiger partial charge in [-0.15, -0.1) is 0 Å². The summed E-state index contributed by atoms with van der Waals surface area (Å²) < 4.78 is 14.1. The zero-order valence-electron chi connectivity index (χ0n) is 16.1. The summed E-state index contributed by atoms with van der Waals surface area (Å²) >= 11 is 6.25. The molecule has 0 unspecified atom stereocenters. The van der Waals surface area contributed by atoms with E-state index >= 15 is 0 Å². The van der Waals surface area contributed by atoms with E-state index in [1.807, 2.05) is 38.1 Å². The smallest absolute Gasteiger partial charge is 0.223 e. The predicted octanol–water partition coefficient (Wildman–Crippen LogP) is 5.05. The van der Waals surface area contributed by atoms with Crippen LogP contribution in [-0.4, -0.2) is 29.2 Å². The Morgan fingerprint density at radius 2 is 1.96 bits per heavy atom. The molecule has 1 heterocycles. The molecule has 4 nitrogen and oxygen atoms in total. The fourth-order valence-corrected chi connectivity index (χ4v) is 3.44. The van der Waals surface area contributed by atoms with Crippen molar-refractivity contribution in [2.24, 2.45) is 11.1 Å². The molecule has 0 saturated heterocycles. The first-order chi connectivity index (χ1) is 13.4. The highest BCUT2D eigenvalue weighted by Crippen LogP contribution is 2.24. The molecule has 1 atom stereocenters. The lowest BCUT2D eigenvalue weighted by molar-refractivity contribution is -0.134. The van der Waals surface area contributed by atoms with Crippen LogP contribution < -0.4 is 0 Å². The Hall–Kier alpha value is -2.40. The van der Waals surface area contributed by atoms with Gasteiger partial charge in [-0.2, -0.15) is 0 Å². The molecule has 0 radical (unpaired) electrons. The summed E-state index contributed by atoms with van der Waals surface area (Å²) in [5.41, 5.74) is 2.09. The Labute approximate surface area is 169 Å². The van der Waals surface area contributed by atoms with E-state index in [2.05, 4.69) is 5.16 Å². The van der Waals surface area contributed by atoms with Crippen molar-refractivity contribution >= 4 is 23.2 Å². The molecule has 2 aromatic rings. The van der Waals surface area contributed by atoms with Gasteiger partial charge in [0.2, 0.25) is 5.91 Å². The SMILES string of the molecule is CC(C)CC(=O)N(Cc1ccccc1F)C[C@@H]1CC(c2ccccc2Cl)=NO1. The number of hydrogen-bond acceptors (Lipinski definition) is 3. The topological polar surface area (TPSA) is 41.9 Å². The van der Waals surface area contributed by atoms with Gasteiger partial charge in [-0.25, -0.2) is 4.39 Å². The fourth-order valence-electron chi connectivity index (χ4n) is 3.19. The van der Waals surface area contributed by atoms with Crippen molar-refractivity contribution in [2.45, 2.75) is 39.3 Å². The zero-order valence-corrected chi connectivity index (χ0v) is 16.8. The van der Waals surface area contributed by atoms with Crippen LogP contribution in [0, 0.1) is 11.7 Å². The summed E-state index contributed by atoms with van der Waals surface area (Å²) in [5, 5.41) is 4.78. The highest BCUT2D eigenvalue weighted by molar-refractivity contribution is 6.34. The van der Waals surface area contributed by atoms with E-state index in [4.69, 9.17) is 16.4 Å². The average molecular weight is 403 g/mol. The maximum atomic E-state index is 14.1. The third kappa shape index (κ3) is 5.10. The van der Waals surface area contributed by atoms with E-state index < -0.39 is 0 Å². The predicted molar refractivity (Wildman–Crippen MR) is 109 cm³/mol. The number of benzene rings is 2. The first kappa shape index (κ1) is 20.3. The van der Waals surface area contributed by atoms with Crippen LogP contribution in [0.5, 0.6) is 0 Å².